The second kappa shape index (κ2) is 1.88. The van der Waals surface area contributed by atoms with Crippen molar-refractivity contribution in [2.75, 3.05) is 6.54 Å². The van der Waals surface area contributed by atoms with Crippen LogP contribution >= 0.6 is 0 Å². The van der Waals surface area contributed by atoms with Crippen LogP contribution in [0.3, 0.4) is 0 Å². The van der Waals surface area contributed by atoms with Crippen molar-refractivity contribution in [3.8, 4) is 0 Å². The van der Waals surface area contributed by atoms with E-state index in [1.54, 1.807) is 0 Å². The summed E-state index contributed by atoms with van der Waals surface area (Å²) in [6, 6.07) is 0. The molecule has 1 fully saturated rings. The fraction of sp³-hybridized carbons (Fsp3) is 0.500. The van der Waals surface area contributed by atoms with Crippen LogP contribution in [0, 0.1) is 0 Å². The Morgan fingerprint density at radius 2 is 2.58 bits per heavy atom. The van der Waals surface area contributed by atoms with Gasteiger partial charge in [0.1, 0.15) is 6.10 Å². The zero-order valence-corrected chi connectivity index (χ0v) is 7.08. The summed E-state index contributed by atoms with van der Waals surface area (Å²) < 4.78 is 5.73. The minimum atomic E-state index is -0.0764. The normalized spacial score (nSPS) is 45.6. The van der Waals surface area contributed by atoms with Gasteiger partial charge in [0.2, 0.25) is 0 Å². The standard InChI is InChI=1S/C10H11NO/c1-2-7-3-4-8-10(7)9(12-10)5-6-11-8/h2-4,9H,5-6H2,1H3/b7-2+. The predicted molar refractivity (Wildman–Crippen MR) is 47.4 cm³/mol. The third kappa shape index (κ3) is 0.547. The van der Waals surface area contributed by atoms with Crippen LogP contribution in [0.5, 0.6) is 0 Å². The van der Waals surface area contributed by atoms with Crippen molar-refractivity contribution in [3.05, 3.63) is 23.8 Å². The van der Waals surface area contributed by atoms with Crippen LogP contribution in [-0.4, -0.2) is 24.0 Å². The quantitative estimate of drug-likeness (QED) is 0.494. The van der Waals surface area contributed by atoms with Crippen molar-refractivity contribution >= 4 is 5.71 Å². The molecule has 2 nitrogen and oxygen atoms in total. The van der Waals surface area contributed by atoms with Gasteiger partial charge >= 0.3 is 0 Å². The van der Waals surface area contributed by atoms with Crippen molar-refractivity contribution in [2.24, 2.45) is 4.99 Å². The molecule has 3 aliphatic rings. The number of rotatable bonds is 0. The third-order valence-corrected chi connectivity index (χ3v) is 2.94. The highest BCUT2D eigenvalue weighted by Gasteiger charge is 2.63. The molecule has 0 radical (unpaired) electrons. The van der Waals surface area contributed by atoms with Crippen molar-refractivity contribution in [2.45, 2.75) is 25.0 Å². The molecule has 1 saturated heterocycles. The van der Waals surface area contributed by atoms with E-state index in [0.717, 1.165) is 18.7 Å². The molecule has 62 valence electrons. The Kier molecular flexibility index (Phi) is 1.04. The molecule has 0 saturated carbocycles. The van der Waals surface area contributed by atoms with Crippen LogP contribution < -0.4 is 0 Å². The van der Waals surface area contributed by atoms with Gasteiger partial charge in [-0.05, 0) is 25.0 Å². The number of nitrogens with zero attached hydrogens (tertiary/aromatic N) is 1. The average molecular weight is 161 g/mol. The molecule has 0 aromatic rings. The van der Waals surface area contributed by atoms with Gasteiger partial charge in [-0.1, -0.05) is 12.2 Å². The van der Waals surface area contributed by atoms with Gasteiger partial charge in [-0.2, -0.15) is 0 Å². The van der Waals surface area contributed by atoms with Gasteiger partial charge < -0.3 is 4.74 Å². The van der Waals surface area contributed by atoms with Gasteiger partial charge in [-0.25, -0.2) is 0 Å². The van der Waals surface area contributed by atoms with Crippen molar-refractivity contribution in [1.29, 1.82) is 0 Å². The molecule has 1 aliphatic carbocycles. The highest BCUT2D eigenvalue weighted by Crippen LogP contribution is 2.51. The molecule has 0 aromatic heterocycles. The Bertz CT molecular complexity index is 327. The van der Waals surface area contributed by atoms with Gasteiger partial charge in [-0.15, -0.1) is 0 Å². The first-order valence-corrected chi connectivity index (χ1v) is 4.45. The van der Waals surface area contributed by atoms with Crippen LogP contribution in [0.1, 0.15) is 13.3 Å². The summed E-state index contributed by atoms with van der Waals surface area (Å²) in [5.74, 6) is 0. The van der Waals surface area contributed by atoms with Gasteiger partial charge in [0.25, 0.3) is 0 Å². The maximum Gasteiger partial charge on any atom is 0.161 e. The van der Waals surface area contributed by atoms with E-state index in [-0.39, 0.29) is 5.60 Å². The Morgan fingerprint density at radius 1 is 1.67 bits per heavy atom. The van der Waals surface area contributed by atoms with Gasteiger partial charge in [0, 0.05) is 6.54 Å². The molecule has 2 unspecified atom stereocenters. The third-order valence-electron chi connectivity index (χ3n) is 2.94. The predicted octanol–water partition coefficient (Wildman–Crippen LogP) is 1.48. The monoisotopic (exact) mass is 161 g/mol. The van der Waals surface area contributed by atoms with Gasteiger partial charge in [0.05, 0.1) is 5.71 Å². The van der Waals surface area contributed by atoms with E-state index >= 15 is 0 Å². The molecule has 1 spiro atoms. The molecule has 2 atom stereocenters. The number of aliphatic imine (C=N–C) groups is 1. The smallest absolute Gasteiger partial charge is 0.161 e. The minimum Gasteiger partial charge on any atom is -0.354 e. The lowest BCUT2D eigenvalue weighted by molar-refractivity contribution is 0.364. The van der Waals surface area contributed by atoms with Crippen molar-refractivity contribution in [1.82, 2.24) is 0 Å². The zero-order valence-electron chi connectivity index (χ0n) is 7.08. The highest BCUT2D eigenvalue weighted by molar-refractivity contribution is 6.11. The van der Waals surface area contributed by atoms with E-state index in [2.05, 4.69) is 30.1 Å². The number of ether oxygens (including phenoxy) is 1. The van der Waals surface area contributed by atoms with Crippen molar-refractivity contribution < 1.29 is 4.74 Å². The van der Waals surface area contributed by atoms with E-state index in [4.69, 9.17) is 4.74 Å². The molecular weight excluding hydrogens is 150 g/mol. The molecule has 0 aromatic carbocycles. The molecule has 0 amide bonds. The topological polar surface area (TPSA) is 24.9 Å². The largest absolute Gasteiger partial charge is 0.354 e. The number of hydrogen-bond acceptors (Lipinski definition) is 2. The second-order valence-corrected chi connectivity index (χ2v) is 3.48. The minimum absolute atomic E-state index is 0.0764. The second-order valence-electron chi connectivity index (χ2n) is 3.48. The Labute approximate surface area is 71.6 Å². The van der Waals surface area contributed by atoms with E-state index in [1.165, 1.54) is 5.57 Å². The lowest BCUT2D eigenvalue weighted by Crippen LogP contribution is -2.27. The SMILES string of the molecule is C/C=C1\C=CC2=NCCC3OC213. The van der Waals surface area contributed by atoms with E-state index in [0.29, 0.717) is 6.10 Å². The first kappa shape index (κ1) is 6.61. The van der Waals surface area contributed by atoms with E-state index in [1.807, 2.05) is 0 Å². The summed E-state index contributed by atoms with van der Waals surface area (Å²) >= 11 is 0. The molecule has 2 heteroatoms. The molecule has 2 aliphatic heterocycles. The molecule has 3 rings (SSSR count). The molecule has 0 N–H and O–H groups in total. The lowest BCUT2D eigenvalue weighted by Gasteiger charge is -2.12. The summed E-state index contributed by atoms with van der Waals surface area (Å²) in [5, 5.41) is 0. The lowest BCUT2D eigenvalue weighted by atomic mass is 9.92. The number of allylic oxidation sites excluding steroid dienone is 1. The van der Waals surface area contributed by atoms with E-state index < -0.39 is 0 Å². The van der Waals surface area contributed by atoms with Crippen LogP contribution in [-0.2, 0) is 4.74 Å². The Hall–Kier alpha value is -0.890. The summed E-state index contributed by atoms with van der Waals surface area (Å²) in [6.07, 6.45) is 7.86. The van der Waals surface area contributed by atoms with Gasteiger partial charge in [0.15, 0.2) is 5.60 Å². The first-order chi connectivity index (χ1) is 5.88. The molecule has 2 heterocycles. The first-order valence-electron chi connectivity index (χ1n) is 4.45. The van der Waals surface area contributed by atoms with Crippen LogP contribution in [0.25, 0.3) is 0 Å². The average Bonchev–Trinajstić information content (AvgIpc) is 2.72. The number of epoxide rings is 1. The van der Waals surface area contributed by atoms with E-state index in [9.17, 15) is 0 Å². The Morgan fingerprint density at radius 3 is 3.42 bits per heavy atom. The molecule has 12 heavy (non-hydrogen) atoms. The fourth-order valence-corrected chi connectivity index (χ4v) is 2.28. The highest BCUT2D eigenvalue weighted by atomic mass is 16.6. The summed E-state index contributed by atoms with van der Waals surface area (Å²) in [7, 11) is 0. The summed E-state index contributed by atoms with van der Waals surface area (Å²) in [5.41, 5.74) is 2.37. The maximum atomic E-state index is 5.73. The maximum absolute atomic E-state index is 5.73. The van der Waals surface area contributed by atoms with Crippen LogP contribution in [0.2, 0.25) is 0 Å². The fourth-order valence-electron chi connectivity index (χ4n) is 2.28. The van der Waals surface area contributed by atoms with Crippen LogP contribution in [0.15, 0.2) is 28.8 Å². The summed E-state index contributed by atoms with van der Waals surface area (Å²) in [6.45, 7) is 2.99. The van der Waals surface area contributed by atoms with Gasteiger partial charge in [-0.3, -0.25) is 4.99 Å². The number of hydrogen-bond donors (Lipinski definition) is 0. The Balaban J connectivity index is 2.14. The molecular formula is C10H11NO. The zero-order chi connectivity index (χ0) is 8.18. The van der Waals surface area contributed by atoms with Crippen molar-refractivity contribution in [3.63, 3.8) is 0 Å². The van der Waals surface area contributed by atoms with Crippen LogP contribution in [0.4, 0.5) is 0 Å². The molecule has 0 bridgehead atoms. The summed E-state index contributed by atoms with van der Waals surface area (Å²) in [4.78, 5) is 4.47.